The average molecular weight is 371 g/mol. The zero-order chi connectivity index (χ0) is 18.9. The van der Waals surface area contributed by atoms with Crippen molar-refractivity contribution >= 4 is 5.96 Å². The summed E-state index contributed by atoms with van der Waals surface area (Å²) in [7, 11) is 3.70. The van der Waals surface area contributed by atoms with E-state index in [1.165, 1.54) is 0 Å². The van der Waals surface area contributed by atoms with E-state index in [0.29, 0.717) is 13.2 Å². The Bertz CT molecular complexity index is 829. The second-order valence-corrected chi connectivity index (χ2v) is 7.41. The zero-order valence-corrected chi connectivity index (χ0v) is 15.9. The molecule has 0 amide bonds. The molecule has 0 radical (unpaired) electrons. The number of aryl methyl sites for hydroxylation is 1. The van der Waals surface area contributed by atoms with Crippen LogP contribution in [0.2, 0.25) is 0 Å². The summed E-state index contributed by atoms with van der Waals surface area (Å²) in [5, 5.41) is 7.72. The largest absolute Gasteiger partial charge is 0.370 e. The smallest absolute Gasteiger partial charge is 0.193 e. The zero-order valence-electron chi connectivity index (χ0n) is 15.9. The van der Waals surface area contributed by atoms with Gasteiger partial charge in [0.2, 0.25) is 0 Å². The number of nitrogens with zero attached hydrogens (tertiary/aromatic N) is 4. The van der Waals surface area contributed by atoms with E-state index in [0.717, 1.165) is 43.0 Å². The van der Waals surface area contributed by atoms with Crippen molar-refractivity contribution in [3.8, 4) is 0 Å². The number of benzene rings is 1. The molecular weight excluding hydrogens is 345 g/mol. The second kappa shape index (κ2) is 7.31. The van der Waals surface area contributed by atoms with Gasteiger partial charge in [-0.15, -0.1) is 0 Å². The van der Waals surface area contributed by atoms with E-state index < -0.39 is 0 Å². The van der Waals surface area contributed by atoms with Gasteiger partial charge in [-0.05, 0) is 24.5 Å². The molecule has 1 N–H and O–H groups in total. The van der Waals surface area contributed by atoms with Gasteiger partial charge in [-0.3, -0.25) is 9.67 Å². The number of rotatable bonds is 4. The Hall–Kier alpha value is -2.41. The highest BCUT2D eigenvalue weighted by atomic mass is 19.1. The van der Waals surface area contributed by atoms with Gasteiger partial charge in [-0.2, -0.15) is 5.10 Å². The van der Waals surface area contributed by atoms with Crippen LogP contribution in [0.4, 0.5) is 4.39 Å². The molecule has 1 unspecified atom stereocenters. The number of aromatic nitrogens is 2. The molecule has 2 heterocycles. The number of hydrogen-bond donors (Lipinski definition) is 1. The Labute approximate surface area is 159 Å². The second-order valence-electron chi connectivity index (χ2n) is 7.41. The van der Waals surface area contributed by atoms with Gasteiger partial charge in [0.05, 0.1) is 19.3 Å². The Kier molecular flexibility index (Phi) is 4.86. The van der Waals surface area contributed by atoms with Gasteiger partial charge < -0.3 is 15.0 Å². The highest BCUT2D eigenvalue weighted by molar-refractivity contribution is 5.80. The maximum Gasteiger partial charge on any atom is 0.193 e. The van der Waals surface area contributed by atoms with Crippen LogP contribution in [0.25, 0.3) is 0 Å². The maximum absolute atomic E-state index is 14.2. The molecule has 1 aromatic carbocycles. The third-order valence-corrected chi connectivity index (χ3v) is 5.56. The lowest BCUT2D eigenvalue weighted by Crippen LogP contribution is -2.49. The van der Waals surface area contributed by atoms with Crippen molar-refractivity contribution in [2.75, 3.05) is 33.3 Å². The molecule has 2 fully saturated rings. The molecule has 0 spiro atoms. The number of nitrogens with one attached hydrogen (secondary N) is 1. The number of guanidine groups is 1. The molecule has 7 heteroatoms. The number of halogens is 1. The lowest BCUT2D eigenvalue weighted by Gasteiger charge is -2.35. The van der Waals surface area contributed by atoms with Gasteiger partial charge in [0, 0.05) is 44.4 Å². The van der Waals surface area contributed by atoms with Gasteiger partial charge in [-0.25, -0.2) is 4.39 Å². The van der Waals surface area contributed by atoms with Crippen LogP contribution in [0.15, 0.2) is 41.7 Å². The minimum atomic E-state index is -0.116. The summed E-state index contributed by atoms with van der Waals surface area (Å²) >= 11 is 0. The number of hydrogen-bond acceptors (Lipinski definition) is 3. The standard InChI is InChI=1S/C20H26FN5O/c1-22-19(23-14-20(7-8-20)16-5-3-4-6-17(16)21)26-9-10-27-18(13-26)15-11-24-25(2)12-15/h3-6,11-12,18H,7-10,13-14H2,1-2H3,(H,22,23). The summed E-state index contributed by atoms with van der Waals surface area (Å²) in [5.41, 5.74) is 1.77. The maximum atomic E-state index is 14.2. The van der Waals surface area contributed by atoms with E-state index in [4.69, 9.17) is 4.74 Å². The summed E-state index contributed by atoms with van der Waals surface area (Å²) in [6.45, 7) is 2.83. The predicted octanol–water partition coefficient (Wildman–Crippen LogP) is 2.24. The number of ether oxygens (including phenoxy) is 1. The molecule has 1 atom stereocenters. The molecule has 2 aromatic rings. The minimum absolute atomic E-state index is 0.0209. The van der Waals surface area contributed by atoms with Crippen LogP contribution in [-0.4, -0.2) is 53.9 Å². The summed E-state index contributed by atoms with van der Waals surface area (Å²) in [6.07, 6.45) is 5.81. The highest BCUT2D eigenvalue weighted by Crippen LogP contribution is 2.48. The Morgan fingerprint density at radius 2 is 2.22 bits per heavy atom. The quantitative estimate of drug-likeness (QED) is 0.662. The van der Waals surface area contributed by atoms with Crippen LogP contribution < -0.4 is 5.32 Å². The molecule has 144 valence electrons. The van der Waals surface area contributed by atoms with Crippen LogP contribution in [0, 0.1) is 5.82 Å². The third kappa shape index (κ3) is 3.69. The summed E-state index contributed by atoms with van der Waals surface area (Å²) in [5.74, 6) is 0.726. The van der Waals surface area contributed by atoms with E-state index >= 15 is 0 Å². The molecule has 27 heavy (non-hydrogen) atoms. The highest BCUT2D eigenvalue weighted by Gasteiger charge is 2.46. The van der Waals surface area contributed by atoms with Crippen LogP contribution in [0.5, 0.6) is 0 Å². The van der Waals surface area contributed by atoms with Crippen molar-refractivity contribution < 1.29 is 9.13 Å². The van der Waals surface area contributed by atoms with Gasteiger partial charge in [-0.1, -0.05) is 18.2 Å². The monoisotopic (exact) mass is 371 g/mol. The van der Waals surface area contributed by atoms with Crippen molar-refractivity contribution in [1.29, 1.82) is 0 Å². The number of morpholine rings is 1. The average Bonchev–Trinajstić information content (AvgIpc) is 3.34. The van der Waals surface area contributed by atoms with Crippen molar-refractivity contribution in [2.24, 2.45) is 12.0 Å². The summed E-state index contributed by atoms with van der Waals surface area (Å²) in [6, 6.07) is 7.10. The van der Waals surface area contributed by atoms with E-state index in [-0.39, 0.29) is 17.3 Å². The first-order chi connectivity index (χ1) is 13.1. The molecule has 0 bridgehead atoms. The van der Waals surface area contributed by atoms with Crippen LogP contribution in [0.3, 0.4) is 0 Å². The first kappa shape index (κ1) is 18.0. The molecule has 1 aliphatic carbocycles. The minimum Gasteiger partial charge on any atom is -0.370 e. The van der Waals surface area contributed by atoms with Gasteiger partial charge >= 0.3 is 0 Å². The van der Waals surface area contributed by atoms with Crippen molar-refractivity contribution in [3.05, 3.63) is 53.6 Å². The van der Waals surface area contributed by atoms with E-state index in [1.807, 2.05) is 31.6 Å². The van der Waals surface area contributed by atoms with Crippen LogP contribution in [0.1, 0.15) is 30.1 Å². The molecule has 2 aliphatic rings. The van der Waals surface area contributed by atoms with Gasteiger partial charge in [0.25, 0.3) is 0 Å². The molecule has 1 aliphatic heterocycles. The van der Waals surface area contributed by atoms with Crippen LogP contribution in [-0.2, 0) is 17.2 Å². The Balaban J connectivity index is 1.41. The molecule has 1 saturated heterocycles. The fourth-order valence-electron chi connectivity index (χ4n) is 3.81. The molecule has 1 aromatic heterocycles. The first-order valence-electron chi connectivity index (χ1n) is 9.42. The fourth-order valence-corrected chi connectivity index (χ4v) is 3.81. The Morgan fingerprint density at radius 1 is 1.41 bits per heavy atom. The summed E-state index contributed by atoms with van der Waals surface area (Å²) in [4.78, 5) is 6.66. The van der Waals surface area contributed by atoms with Gasteiger partial charge in [0.15, 0.2) is 5.96 Å². The van der Waals surface area contributed by atoms with E-state index in [1.54, 1.807) is 23.9 Å². The van der Waals surface area contributed by atoms with Crippen molar-refractivity contribution in [3.63, 3.8) is 0 Å². The first-order valence-corrected chi connectivity index (χ1v) is 9.42. The normalized spacial score (nSPS) is 22.0. The number of aliphatic imine (C=N–C) groups is 1. The Morgan fingerprint density at radius 3 is 2.89 bits per heavy atom. The molecule has 1 saturated carbocycles. The van der Waals surface area contributed by atoms with Crippen molar-refractivity contribution in [1.82, 2.24) is 20.0 Å². The SMILES string of the molecule is CN=C(NCC1(c2ccccc2F)CC1)N1CCOC(c2cnn(C)c2)C1. The van der Waals surface area contributed by atoms with Crippen LogP contribution >= 0.6 is 0 Å². The fraction of sp³-hybridized carbons (Fsp3) is 0.500. The van der Waals surface area contributed by atoms with Gasteiger partial charge in [0.1, 0.15) is 11.9 Å². The van der Waals surface area contributed by atoms with Crippen molar-refractivity contribution in [2.45, 2.75) is 24.4 Å². The van der Waals surface area contributed by atoms with E-state index in [9.17, 15) is 4.39 Å². The predicted molar refractivity (Wildman–Crippen MR) is 102 cm³/mol. The molecule has 6 nitrogen and oxygen atoms in total. The lowest BCUT2D eigenvalue weighted by molar-refractivity contribution is -0.00805. The van der Waals surface area contributed by atoms with E-state index in [2.05, 4.69) is 20.3 Å². The molecule has 4 rings (SSSR count). The molecular formula is C20H26FN5O. The third-order valence-electron chi connectivity index (χ3n) is 5.56. The summed E-state index contributed by atoms with van der Waals surface area (Å²) < 4.78 is 21.9. The lowest BCUT2D eigenvalue weighted by atomic mass is 9.95. The topological polar surface area (TPSA) is 54.7 Å².